The van der Waals surface area contributed by atoms with Crippen LogP contribution in [0.3, 0.4) is 0 Å². The molecule has 2 unspecified atom stereocenters. The zero-order chi connectivity index (χ0) is 14.1. The van der Waals surface area contributed by atoms with Crippen LogP contribution >= 0.6 is 11.6 Å². The van der Waals surface area contributed by atoms with Crippen molar-refractivity contribution in [1.82, 2.24) is 5.32 Å². The smallest absolute Gasteiger partial charge is 0.180 e. The Morgan fingerprint density at radius 2 is 2.00 bits per heavy atom. The molecule has 0 saturated carbocycles. The summed E-state index contributed by atoms with van der Waals surface area (Å²) < 4.78 is 11.4. The Morgan fingerprint density at radius 1 is 1.30 bits per heavy atom. The summed E-state index contributed by atoms with van der Waals surface area (Å²) in [4.78, 5) is 0. The molecule has 2 fully saturated rings. The second kappa shape index (κ2) is 5.51. The molecule has 3 rings (SSSR count). The van der Waals surface area contributed by atoms with E-state index in [1.165, 1.54) is 12.8 Å². The Labute approximate surface area is 123 Å². The number of hydrogen-bond acceptors (Lipinski definition) is 4. The van der Waals surface area contributed by atoms with Gasteiger partial charge in [-0.15, -0.1) is 0 Å². The van der Waals surface area contributed by atoms with Crippen LogP contribution in [0.5, 0.6) is 11.5 Å². The average molecular weight is 293 g/mol. The zero-order valence-electron chi connectivity index (χ0n) is 11.4. The van der Waals surface area contributed by atoms with E-state index in [1.807, 2.05) is 0 Å². The van der Waals surface area contributed by atoms with Gasteiger partial charge in [-0.2, -0.15) is 5.26 Å². The van der Waals surface area contributed by atoms with E-state index in [0.717, 1.165) is 12.8 Å². The number of nitriles is 1. The molecule has 0 amide bonds. The second-order valence-electron chi connectivity index (χ2n) is 5.45. The predicted molar refractivity (Wildman–Crippen MR) is 76.3 cm³/mol. The molecule has 0 radical (unpaired) electrons. The summed E-state index contributed by atoms with van der Waals surface area (Å²) in [6.07, 6.45) is 4.60. The van der Waals surface area contributed by atoms with E-state index in [1.54, 1.807) is 19.2 Å². The van der Waals surface area contributed by atoms with Gasteiger partial charge in [-0.1, -0.05) is 11.6 Å². The summed E-state index contributed by atoms with van der Waals surface area (Å²) in [5.41, 5.74) is 0.476. The molecule has 1 aromatic carbocycles. The number of rotatable bonds is 3. The van der Waals surface area contributed by atoms with Crippen LogP contribution in [0.1, 0.15) is 31.2 Å². The van der Waals surface area contributed by atoms with Crippen molar-refractivity contribution in [2.45, 2.75) is 43.9 Å². The van der Waals surface area contributed by atoms with Crippen molar-refractivity contribution in [3.05, 3.63) is 22.7 Å². The number of halogens is 1. The van der Waals surface area contributed by atoms with Gasteiger partial charge in [-0.25, -0.2) is 0 Å². The first kappa shape index (κ1) is 13.5. The van der Waals surface area contributed by atoms with Gasteiger partial charge >= 0.3 is 0 Å². The van der Waals surface area contributed by atoms with Crippen LogP contribution in [0.2, 0.25) is 5.02 Å². The topological polar surface area (TPSA) is 54.3 Å². The van der Waals surface area contributed by atoms with E-state index in [-0.39, 0.29) is 6.10 Å². The van der Waals surface area contributed by atoms with Crippen LogP contribution in [-0.2, 0) is 0 Å². The molecular weight excluding hydrogens is 276 g/mol. The van der Waals surface area contributed by atoms with Crippen molar-refractivity contribution >= 4 is 11.6 Å². The maximum atomic E-state index is 8.96. The van der Waals surface area contributed by atoms with Gasteiger partial charge < -0.3 is 14.8 Å². The predicted octanol–water partition coefficient (Wildman–Crippen LogP) is 2.88. The Morgan fingerprint density at radius 3 is 2.60 bits per heavy atom. The standard InChI is InChI=1S/C15H17ClN2O2/c1-19-14-5-9(8-17)4-13(16)15(14)20-12-6-10-2-3-11(7-12)18-10/h4-5,10-12,18H,2-3,6-7H2,1H3. The van der Waals surface area contributed by atoms with E-state index in [4.69, 9.17) is 26.3 Å². The second-order valence-corrected chi connectivity index (χ2v) is 5.86. The zero-order valence-corrected chi connectivity index (χ0v) is 12.1. The molecular formula is C15H17ClN2O2. The van der Waals surface area contributed by atoms with Crippen molar-refractivity contribution < 1.29 is 9.47 Å². The van der Waals surface area contributed by atoms with Crippen LogP contribution in [0.4, 0.5) is 0 Å². The van der Waals surface area contributed by atoms with Gasteiger partial charge in [0.05, 0.1) is 23.8 Å². The molecule has 20 heavy (non-hydrogen) atoms. The minimum atomic E-state index is 0.160. The molecule has 2 bridgehead atoms. The van der Waals surface area contributed by atoms with Crippen molar-refractivity contribution in [2.75, 3.05) is 7.11 Å². The third kappa shape index (κ3) is 2.56. The molecule has 2 heterocycles. The number of hydrogen-bond donors (Lipinski definition) is 1. The lowest BCUT2D eigenvalue weighted by Gasteiger charge is -2.30. The lowest BCUT2D eigenvalue weighted by atomic mass is 10.0. The fraction of sp³-hybridized carbons (Fsp3) is 0.533. The average Bonchev–Trinajstić information content (AvgIpc) is 2.79. The first-order valence-corrected chi connectivity index (χ1v) is 7.27. The maximum Gasteiger partial charge on any atom is 0.180 e. The minimum absolute atomic E-state index is 0.160. The van der Waals surface area contributed by atoms with Crippen molar-refractivity contribution in [3.63, 3.8) is 0 Å². The minimum Gasteiger partial charge on any atom is -0.493 e. The Hall–Kier alpha value is -1.44. The Balaban J connectivity index is 1.82. The number of nitrogens with one attached hydrogen (secondary N) is 1. The highest BCUT2D eigenvalue weighted by Gasteiger charge is 2.35. The number of benzene rings is 1. The van der Waals surface area contributed by atoms with E-state index in [9.17, 15) is 0 Å². The highest BCUT2D eigenvalue weighted by atomic mass is 35.5. The van der Waals surface area contributed by atoms with Crippen molar-refractivity contribution in [3.8, 4) is 17.6 Å². The molecule has 2 saturated heterocycles. The normalized spacial score (nSPS) is 27.9. The summed E-state index contributed by atoms with van der Waals surface area (Å²) in [5, 5.41) is 13.0. The highest BCUT2D eigenvalue weighted by molar-refractivity contribution is 6.32. The third-order valence-electron chi connectivity index (χ3n) is 4.07. The third-order valence-corrected chi connectivity index (χ3v) is 4.35. The van der Waals surface area contributed by atoms with Gasteiger partial charge in [-0.05, 0) is 31.7 Å². The van der Waals surface area contributed by atoms with E-state index in [0.29, 0.717) is 34.2 Å². The number of methoxy groups -OCH3 is 1. The quantitative estimate of drug-likeness (QED) is 0.931. The lowest BCUT2D eigenvalue weighted by molar-refractivity contribution is 0.133. The molecule has 2 aliphatic rings. The molecule has 2 atom stereocenters. The van der Waals surface area contributed by atoms with Gasteiger partial charge in [-0.3, -0.25) is 0 Å². The van der Waals surface area contributed by atoms with E-state index in [2.05, 4.69) is 11.4 Å². The molecule has 106 valence electrons. The number of piperidine rings is 1. The summed E-state index contributed by atoms with van der Waals surface area (Å²) in [6, 6.07) is 6.47. The van der Waals surface area contributed by atoms with Crippen LogP contribution in [0.15, 0.2) is 12.1 Å². The molecule has 0 aromatic heterocycles. The molecule has 0 aliphatic carbocycles. The molecule has 5 heteroatoms. The summed E-state index contributed by atoms with van der Waals surface area (Å²) in [6.45, 7) is 0. The van der Waals surface area contributed by atoms with Gasteiger partial charge in [0.1, 0.15) is 6.10 Å². The molecule has 1 aromatic rings. The molecule has 0 spiro atoms. The SMILES string of the molecule is COc1cc(C#N)cc(Cl)c1OC1CC2CCC(C1)N2. The number of nitrogens with zero attached hydrogens (tertiary/aromatic N) is 1. The van der Waals surface area contributed by atoms with Crippen LogP contribution in [-0.4, -0.2) is 25.3 Å². The molecule has 4 nitrogen and oxygen atoms in total. The summed E-state index contributed by atoms with van der Waals surface area (Å²) in [5.74, 6) is 1.08. The largest absolute Gasteiger partial charge is 0.493 e. The van der Waals surface area contributed by atoms with E-state index >= 15 is 0 Å². The van der Waals surface area contributed by atoms with Crippen LogP contribution < -0.4 is 14.8 Å². The number of ether oxygens (including phenoxy) is 2. The Kier molecular flexibility index (Phi) is 3.73. The first-order chi connectivity index (χ1) is 9.69. The monoisotopic (exact) mass is 292 g/mol. The van der Waals surface area contributed by atoms with Gasteiger partial charge in [0.15, 0.2) is 11.5 Å². The van der Waals surface area contributed by atoms with Crippen LogP contribution in [0, 0.1) is 11.3 Å². The Bertz CT molecular complexity index is 544. The maximum absolute atomic E-state index is 8.96. The fourth-order valence-corrected chi connectivity index (χ4v) is 3.42. The van der Waals surface area contributed by atoms with E-state index < -0.39 is 0 Å². The fourth-order valence-electron chi connectivity index (χ4n) is 3.17. The van der Waals surface area contributed by atoms with Gasteiger partial charge in [0.25, 0.3) is 0 Å². The lowest BCUT2D eigenvalue weighted by Crippen LogP contribution is -2.42. The van der Waals surface area contributed by atoms with Gasteiger partial charge in [0.2, 0.25) is 0 Å². The molecule has 2 aliphatic heterocycles. The summed E-state index contributed by atoms with van der Waals surface area (Å²) >= 11 is 6.23. The molecule has 1 N–H and O–H groups in total. The number of fused-ring (bicyclic) bond motifs is 2. The van der Waals surface area contributed by atoms with Crippen LogP contribution in [0.25, 0.3) is 0 Å². The van der Waals surface area contributed by atoms with Crippen molar-refractivity contribution in [2.24, 2.45) is 0 Å². The van der Waals surface area contributed by atoms with Gasteiger partial charge in [0, 0.05) is 18.2 Å². The highest BCUT2D eigenvalue weighted by Crippen LogP contribution is 2.39. The summed E-state index contributed by atoms with van der Waals surface area (Å²) in [7, 11) is 1.56. The first-order valence-electron chi connectivity index (χ1n) is 6.90. The van der Waals surface area contributed by atoms with Crippen molar-refractivity contribution in [1.29, 1.82) is 5.26 Å².